The van der Waals surface area contributed by atoms with Crippen LogP contribution in [0.4, 0.5) is 0 Å². The number of benzene rings is 1. The van der Waals surface area contributed by atoms with Crippen LogP contribution in [0, 0.1) is 5.92 Å². The van der Waals surface area contributed by atoms with E-state index in [2.05, 4.69) is 61.3 Å². The molecule has 0 aromatic heterocycles. The van der Waals surface area contributed by atoms with Crippen LogP contribution in [-0.4, -0.2) is 30.6 Å². The summed E-state index contributed by atoms with van der Waals surface area (Å²) in [5.74, 6) is 0.728. The molecule has 1 heterocycles. The Morgan fingerprint density at radius 2 is 2.00 bits per heavy atom. The minimum Gasteiger partial charge on any atom is -0.311 e. The Balaban J connectivity index is 2.13. The van der Waals surface area contributed by atoms with Crippen LogP contribution >= 0.6 is 0 Å². The van der Waals surface area contributed by atoms with Gasteiger partial charge in [-0.25, -0.2) is 0 Å². The molecule has 1 aromatic rings. The number of nitrogens with zero attached hydrogens (tertiary/aromatic N) is 1. The molecule has 0 bridgehead atoms. The number of hydrogen-bond donors (Lipinski definition) is 1. The van der Waals surface area contributed by atoms with Crippen LogP contribution in [0.5, 0.6) is 0 Å². The van der Waals surface area contributed by atoms with Gasteiger partial charge in [0.05, 0.1) is 0 Å². The molecule has 2 unspecified atom stereocenters. The Morgan fingerprint density at radius 3 is 2.65 bits per heavy atom. The second-order valence-corrected chi connectivity index (χ2v) is 5.58. The second-order valence-electron chi connectivity index (χ2n) is 5.58. The van der Waals surface area contributed by atoms with Gasteiger partial charge in [0.2, 0.25) is 0 Å². The van der Waals surface area contributed by atoms with E-state index in [4.69, 9.17) is 0 Å². The summed E-state index contributed by atoms with van der Waals surface area (Å²) in [6.07, 6.45) is 0. The summed E-state index contributed by atoms with van der Waals surface area (Å²) in [5, 5.41) is 3.59. The van der Waals surface area contributed by atoms with Crippen LogP contribution in [0.3, 0.4) is 0 Å². The average molecular weight is 232 g/mol. The van der Waals surface area contributed by atoms with Gasteiger partial charge in [-0.2, -0.15) is 0 Å². The Labute approximate surface area is 105 Å². The first kappa shape index (κ1) is 12.6. The van der Waals surface area contributed by atoms with Crippen molar-refractivity contribution in [3.05, 3.63) is 35.9 Å². The van der Waals surface area contributed by atoms with E-state index in [-0.39, 0.29) is 0 Å². The summed E-state index contributed by atoms with van der Waals surface area (Å²) in [7, 11) is 0. The van der Waals surface area contributed by atoms with E-state index >= 15 is 0 Å². The van der Waals surface area contributed by atoms with Crippen molar-refractivity contribution in [3.8, 4) is 0 Å². The van der Waals surface area contributed by atoms with Gasteiger partial charge in [-0.3, -0.25) is 4.90 Å². The molecule has 0 aliphatic carbocycles. The summed E-state index contributed by atoms with van der Waals surface area (Å²) in [4.78, 5) is 2.63. The largest absolute Gasteiger partial charge is 0.311 e. The highest BCUT2D eigenvalue weighted by Crippen LogP contribution is 2.24. The fourth-order valence-corrected chi connectivity index (χ4v) is 2.66. The molecular formula is C15H24N2. The molecule has 1 aromatic carbocycles. The number of piperazine rings is 1. The fraction of sp³-hybridized carbons (Fsp3) is 0.600. The van der Waals surface area contributed by atoms with Crippen LogP contribution in [0.1, 0.15) is 32.4 Å². The van der Waals surface area contributed by atoms with Crippen molar-refractivity contribution < 1.29 is 0 Å². The van der Waals surface area contributed by atoms with Crippen molar-refractivity contribution in [2.45, 2.75) is 32.9 Å². The maximum absolute atomic E-state index is 3.59. The molecule has 1 aliphatic heterocycles. The van der Waals surface area contributed by atoms with Crippen LogP contribution in [-0.2, 0) is 0 Å². The third kappa shape index (κ3) is 3.30. The SMILES string of the molecule is CC(C)CN1CC(C)NCC1c1ccccc1. The zero-order valence-electron chi connectivity index (χ0n) is 11.2. The Bertz CT molecular complexity index is 332. The molecule has 0 spiro atoms. The molecule has 94 valence electrons. The second kappa shape index (κ2) is 5.65. The highest BCUT2D eigenvalue weighted by molar-refractivity contribution is 5.20. The molecular weight excluding hydrogens is 208 g/mol. The molecule has 17 heavy (non-hydrogen) atoms. The molecule has 2 rings (SSSR count). The third-order valence-electron chi connectivity index (χ3n) is 3.39. The van der Waals surface area contributed by atoms with Crippen LogP contribution in [0.25, 0.3) is 0 Å². The van der Waals surface area contributed by atoms with Gasteiger partial charge in [0.25, 0.3) is 0 Å². The predicted octanol–water partition coefficient (Wildman–Crippen LogP) is 2.68. The average Bonchev–Trinajstić information content (AvgIpc) is 2.29. The maximum Gasteiger partial charge on any atom is 0.0473 e. The molecule has 2 atom stereocenters. The first-order valence-electron chi connectivity index (χ1n) is 6.69. The van der Waals surface area contributed by atoms with Crippen LogP contribution < -0.4 is 5.32 Å². The Morgan fingerprint density at radius 1 is 1.29 bits per heavy atom. The fourth-order valence-electron chi connectivity index (χ4n) is 2.66. The van der Waals surface area contributed by atoms with Gasteiger partial charge in [0, 0.05) is 31.7 Å². The molecule has 2 nitrogen and oxygen atoms in total. The monoisotopic (exact) mass is 232 g/mol. The number of hydrogen-bond acceptors (Lipinski definition) is 2. The van der Waals surface area contributed by atoms with Gasteiger partial charge in [-0.1, -0.05) is 44.2 Å². The first-order chi connectivity index (χ1) is 8.16. The molecule has 1 N–H and O–H groups in total. The van der Waals surface area contributed by atoms with Crippen LogP contribution in [0.2, 0.25) is 0 Å². The van der Waals surface area contributed by atoms with E-state index in [0.29, 0.717) is 12.1 Å². The predicted molar refractivity (Wildman–Crippen MR) is 73.1 cm³/mol. The zero-order chi connectivity index (χ0) is 12.3. The number of nitrogens with one attached hydrogen (secondary N) is 1. The topological polar surface area (TPSA) is 15.3 Å². The molecule has 2 heteroatoms. The van der Waals surface area contributed by atoms with Crippen molar-refractivity contribution >= 4 is 0 Å². The zero-order valence-corrected chi connectivity index (χ0v) is 11.2. The standard InChI is InChI=1S/C15H24N2/c1-12(2)10-17-11-13(3)16-9-15(17)14-7-5-4-6-8-14/h4-8,12-13,15-16H,9-11H2,1-3H3. The van der Waals surface area contributed by atoms with E-state index in [1.807, 2.05) is 0 Å². The highest BCUT2D eigenvalue weighted by atomic mass is 15.2. The maximum atomic E-state index is 3.59. The number of rotatable bonds is 3. The lowest BCUT2D eigenvalue weighted by molar-refractivity contribution is 0.121. The van der Waals surface area contributed by atoms with Crippen molar-refractivity contribution in [3.63, 3.8) is 0 Å². The van der Waals surface area contributed by atoms with Gasteiger partial charge in [0.15, 0.2) is 0 Å². The Hall–Kier alpha value is -0.860. The summed E-state index contributed by atoms with van der Waals surface area (Å²) in [6, 6.07) is 12.0. The van der Waals surface area contributed by atoms with Crippen molar-refractivity contribution in [1.29, 1.82) is 0 Å². The quantitative estimate of drug-likeness (QED) is 0.862. The lowest BCUT2D eigenvalue weighted by atomic mass is 10.00. The van der Waals surface area contributed by atoms with E-state index in [9.17, 15) is 0 Å². The summed E-state index contributed by atoms with van der Waals surface area (Å²) in [5.41, 5.74) is 1.44. The molecule has 0 amide bonds. The highest BCUT2D eigenvalue weighted by Gasteiger charge is 2.26. The van der Waals surface area contributed by atoms with Crippen molar-refractivity contribution in [2.75, 3.05) is 19.6 Å². The lowest BCUT2D eigenvalue weighted by Gasteiger charge is -2.40. The van der Waals surface area contributed by atoms with E-state index < -0.39 is 0 Å². The minimum absolute atomic E-state index is 0.537. The van der Waals surface area contributed by atoms with Gasteiger partial charge < -0.3 is 5.32 Å². The molecule has 0 saturated carbocycles. The Kier molecular flexibility index (Phi) is 4.19. The molecule has 1 aliphatic rings. The minimum atomic E-state index is 0.537. The molecule has 0 radical (unpaired) electrons. The van der Waals surface area contributed by atoms with E-state index in [0.717, 1.165) is 19.0 Å². The summed E-state index contributed by atoms with van der Waals surface area (Å²) >= 11 is 0. The summed E-state index contributed by atoms with van der Waals surface area (Å²) < 4.78 is 0. The normalized spacial score (nSPS) is 26.4. The van der Waals surface area contributed by atoms with E-state index in [1.165, 1.54) is 12.1 Å². The van der Waals surface area contributed by atoms with Gasteiger partial charge >= 0.3 is 0 Å². The van der Waals surface area contributed by atoms with Gasteiger partial charge in [-0.05, 0) is 18.4 Å². The van der Waals surface area contributed by atoms with Crippen molar-refractivity contribution in [2.24, 2.45) is 5.92 Å². The molecule has 1 saturated heterocycles. The van der Waals surface area contributed by atoms with Gasteiger partial charge in [0.1, 0.15) is 0 Å². The smallest absolute Gasteiger partial charge is 0.0473 e. The van der Waals surface area contributed by atoms with E-state index in [1.54, 1.807) is 0 Å². The first-order valence-corrected chi connectivity index (χ1v) is 6.69. The van der Waals surface area contributed by atoms with Crippen LogP contribution in [0.15, 0.2) is 30.3 Å². The van der Waals surface area contributed by atoms with Gasteiger partial charge in [-0.15, -0.1) is 0 Å². The van der Waals surface area contributed by atoms with Crippen molar-refractivity contribution in [1.82, 2.24) is 10.2 Å². The molecule has 1 fully saturated rings. The lowest BCUT2D eigenvalue weighted by Crippen LogP contribution is -2.51. The third-order valence-corrected chi connectivity index (χ3v) is 3.39. The summed E-state index contributed by atoms with van der Waals surface area (Å²) in [6.45, 7) is 10.3.